The van der Waals surface area contributed by atoms with Crippen molar-refractivity contribution in [2.24, 2.45) is 0 Å². The fourth-order valence-electron chi connectivity index (χ4n) is 17.5. The maximum absolute atomic E-state index is 11.6. The molecule has 7 atom stereocenters. The van der Waals surface area contributed by atoms with Crippen molar-refractivity contribution < 1.29 is 171 Å². The Hall–Kier alpha value is -12.4. The van der Waals surface area contributed by atoms with Crippen molar-refractivity contribution in [1.82, 2.24) is 0 Å². The van der Waals surface area contributed by atoms with Crippen LogP contribution in [0.5, 0.6) is 40.2 Å². The Kier molecular flexibility index (Phi) is 41.4. The molecule has 0 bridgehead atoms. The van der Waals surface area contributed by atoms with Gasteiger partial charge in [-0.05, 0) is 196 Å². The third-order valence-electron chi connectivity index (χ3n) is 25.2. The van der Waals surface area contributed by atoms with E-state index in [1.54, 1.807) is 93.5 Å². The highest BCUT2D eigenvalue weighted by atomic mass is 35.5. The van der Waals surface area contributed by atoms with Crippen LogP contribution in [0.1, 0.15) is 289 Å². The Morgan fingerprint density at radius 1 is 0.255 bits per heavy atom. The quantitative estimate of drug-likeness (QED) is 0.0203. The molecule has 748 valence electrons. The molecule has 0 amide bonds. The van der Waals surface area contributed by atoms with Crippen LogP contribution in [0.25, 0.3) is 0 Å². The van der Waals surface area contributed by atoms with Crippen LogP contribution in [-0.4, -0.2) is 203 Å². The van der Waals surface area contributed by atoms with Gasteiger partial charge in [0.25, 0.3) is 0 Å². The Balaban J connectivity index is 0.000000201. The molecule has 0 aromatic heterocycles. The van der Waals surface area contributed by atoms with Gasteiger partial charge in [0.1, 0.15) is 120 Å². The van der Waals surface area contributed by atoms with Crippen LogP contribution >= 0.6 is 11.6 Å². The third-order valence-corrected chi connectivity index (χ3v) is 25.8. The SMILES string of the molecule is CCC(=O)C[C@H]1Cc2c(Cl)c(C)cc(C(=O)O)c2OB1O.CCC(=O)C[C@H]1Cc2cc(C)cc(C(=O)O)c2OB1O.CCC(=O)C[C@H]1Cc2cc(C)cc(C(=O)O)c2OB1O.CCC(=O)C[C@H]1Cc2cc(C)cc(C(=O)O)c2OB1O.CCC(=O)C[C@H]1Cc2cc(C)cc(C(=O)O)c2OB1O.CCC(=O)C[C@H]1Cc2ccc(C)c(C(=O)O)c2OB1O.CCC(=O)C[C@H]1Cc2ccc(C)c(C(=O)O)c2OB1O. The molecule has 7 aliphatic rings. The zero-order valence-electron chi connectivity index (χ0n) is 81.1. The molecule has 0 unspecified atom stereocenters. The number of carbonyl (C=O) groups excluding carboxylic acids is 7. The Morgan fingerprint density at radius 3 is 0.652 bits per heavy atom. The van der Waals surface area contributed by atoms with Gasteiger partial charge in [-0.2, -0.15) is 0 Å². The van der Waals surface area contributed by atoms with Crippen molar-refractivity contribution in [1.29, 1.82) is 0 Å². The second-order valence-electron chi connectivity index (χ2n) is 36.2. The topological polar surface area (TPSA) is 587 Å². The minimum absolute atomic E-state index is 0.0216. The van der Waals surface area contributed by atoms with Crippen LogP contribution in [0.3, 0.4) is 0 Å². The number of carboxylic acid groups (broad SMARTS) is 7. The molecule has 14 N–H and O–H groups in total. The van der Waals surface area contributed by atoms with Crippen LogP contribution in [0.15, 0.2) is 78.9 Å². The fourth-order valence-corrected chi connectivity index (χ4v) is 17.8. The monoisotopic (exact) mass is 1970 g/mol. The summed E-state index contributed by atoms with van der Waals surface area (Å²) < 4.78 is 37.6. The third kappa shape index (κ3) is 29.9. The highest BCUT2D eigenvalue weighted by Gasteiger charge is 2.46. The molecule has 0 spiro atoms. The van der Waals surface area contributed by atoms with Gasteiger partial charge in [-0.1, -0.05) is 109 Å². The number of hydrogen-bond donors (Lipinski definition) is 14. The Bertz CT molecular complexity index is 5410. The summed E-state index contributed by atoms with van der Waals surface area (Å²) in [5, 5.41) is 135. The van der Waals surface area contributed by atoms with Crippen molar-refractivity contribution in [3.05, 3.63) is 201 Å². The lowest BCUT2D eigenvalue weighted by Gasteiger charge is -2.29. The van der Waals surface area contributed by atoms with Crippen molar-refractivity contribution >= 4 is 144 Å². The summed E-state index contributed by atoms with van der Waals surface area (Å²) in [4.78, 5) is 159. The number of benzene rings is 7. The van der Waals surface area contributed by atoms with Gasteiger partial charge in [0.05, 0.1) is 5.02 Å². The number of carboxylic acids is 7. The van der Waals surface area contributed by atoms with Crippen molar-refractivity contribution in [2.75, 3.05) is 0 Å². The number of Topliss-reactive ketones (excluding diaryl/α,β-unsaturated/α-hetero) is 7. The average Bonchev–Trinajstić information content (AvgIpc) is 0.769. The molecule has 0 saturated heterocycles. The zero-order chi connectivity index (χ0) is 105. The highest BCUT2D eigenvalue weighted by Crippen LogP contribution is 2.47. The smallest absolute Gasteiger partial charge is 0.526 e. The number of rotatable bonds is 28. The Labute approximate surface area is 823 Å². The molecular weight excluding hydrogens is 1850 g/mol. The van der Waals surface area contributed by atoms with E-state index in [4.69, 9.17) is 44.2 Å². The maximum Gasteiger partial charge on any atom is 0.526 e. The molecule has 0 fully saturated rings. The van der Waals surface area contributed by atoms with E-state index in [-0.39, 0.29) is 200 Å². The predicted octanol–water partition coefficient (Wildman–Crippen LogP) is 13.6. The van der Waals surface area contributed by atoms with E-state index >= 15 is 0 Å². The molecule has 7 heterocycles. The number of hydrogen-bond acceptors (Lipinski definition) is 28. The van der Waals surface area contributed by atoms with Crippen molar-refractivity contribution in [3.63, 3.8) is 0 Å². The first-order valence-electron chi connectivity index (χ1n) is 46.7. The molecule has 14 rings (SSSR count). The second kappa shape index (κ2) is 51.3. The summed E-state index contributed by atoms with van der Waals surface area (Å²) in [6, 6.07) is 21.9. The van der Waals surface area contributed by atoms with E-state index in [1.807, 2.05) is 52.0 Å². The molecule has 141 heavy (non-hydrogen) atoms. The number of aromatic carboxylic acids is 7. The largest absolute Gasteiger partial charge is 0.535 e. The molecule has 0 aliphatic carbocycles. The summed E-state index contributed by atoms with van der Waals surface area (Å²) in [7, 11) is -8.05. The van der Waals surface area contributed by atoms with Crippen molar-refractivity contribution in [2.45, 2.75) is 272 Å². The predicted molar refractivity (Wildman–Crippen MR) is 524 cm³/mol. The first-order chi connectivity index (χ1) is 66.4. The van der Waals surface area contributed by atoms with Gasteiger partial charge in [0.15, 0.2) is 0 Å². The van der Waals surface area contributed by atoms with E-state index in [1.165, 1.54) is 30.3 Å². The Morgan fingerprint density at radius 2 is 0.447 bits per heavy atom. The van der Waals surface area contributed by atoms with Gasteiger partial charge in [-0.25, -0.2) is 33.6 Å². The molecule has 7 aromatic rings. The van der Waals surface area contributed by atoms with E-state index in [0.29, 0.717) is 117 Å². The molecule has 35 nitrogen and oxygen atoms in total. The lowest BCUT2D eigenvalue weighted by molar-refractivity contribution is -0.119. The number of carbonyl (C=O) groups is 14. The van der Waals surface area contributed by atoms with Crippen molar-refractivity contribution in [3.8, 4) is 40.2 Å². The summed E-state index contributed by atoms with van der Waals surface area (Å²) in [6.07, 6.45) is 7.57. The lowest BCUT2D eigenvalue weighted by Crippen LogP contribution is -2.36. The van der Waals surface area contributed by atoms with E-state index in [2.05, 4.69) is 0 Å². The summed E-state index contributed by atoms with van der Waals surface area (Å²) in [5.74, 6) is -8.13. The molecule has 0 radical (unpaired) electrons. The maximum atomic E-state index is 11.6. The fraction of sp³-hybridized carbons (Fsp3) is 0.429. The number of ketones is 7. The number of fused-ring (bicyclic) bond motifs is 7. The summed E-state index contributed by atoms with van der Waals surface area (Å²) in [6.45, 7) is 24.7. The molecular formula is C98H118B7ClO35. The van der Waals surface area contributed by atoms with Gasteiger partial charge in [0.2, 0.25) is 0 Å². The number of halogens is 1. The minimum Gasteiger partial charge on any atom is -0.535 e. The normalized spacial score (nSPS) is 17.3. The number of aryl methyl sites for hydroxylation is 7. The van der Waals surface area contributed by atoms with Crippen LogP contribution in [0, 0.1) is 48.5 Å². The summed E-state index contributed by atoms with van der Waals surface area (Å²) in [5.41, 5.74) is 10.4. The lowest BCUT2D eigenvalue weighted by atomic mass is 9.64. The average molecular weight is 1970 g/mol. The van der Waals surface area contributed by atoms with Gasteiger partial charge >= 0.3 is 91.6 Å². The van der Waals surface area contributed by atoms with E-state index < -0.39 is 97.4 Å². The molecule has 43 heteroatoms. The van der Waals surface area contributed by atoms with E-state index in [0.717, 1.165) is 55.6 Å². The molecule has 7 aromatic carbocycles. The summed E-state index contributed by atoms with van der Waals surface area (Å²) >= 11 is 6.23. The molecule has 7 aliphatic heterocycles. The second-order valence-corrected chi connectivity index (χ2v) is 36.6. The van der Waals surface area contributed by atoms with Gasteiger partial charge in [0, 0.05) is 136 Å². The van der Waals surface area contributed by atoms with Crippen LogP contribution in [0.2, 0.25) is 45.7 Å². The minimum atomic E-state index is -1.20. The van der Waals surface area contributed by atoms with Gasteiger partial charge in [-0.15, -0.1) is 0 Å². The van der Waals surface area contributed by atoms with Crippen LogP contribution in [0.4, 0.5) is 0 Å². The zero-order valence-corrected chi connectivity index (χ0v) is 81.9. The van der Waals surface area contributed by atoms with E-state index in [9.17, 15) is 138 Å². The van der Waals surface area contributed by atoms with Crippen LogP contribution in [-0.2, 0) is 78.5 Å². The van der Waals surface area contributed by atoms with Gasteiger partial charge < -0.3 is 103 Å². The van der Waals surface area contributed by atoms with Crippen LogP contribution < -0.4 is 32.6 Å². The first-order valence-corrected chi connectivity index (χ1v) is 47.1. The van der Waals surface area contributed by atoms with Gasteiger partial charge in [-0.3, -0.25) is 33.6 Å². The highest BCUT2D eigenvalue weighted by molar-refractivity contribution is 6.50. The standard InChI is InChI=1S/C14H16BClO5.6C14H17BO5/c1-3-9(17)5-8-6-10-12(16)7(2)4-11(14(18)19)13(10)21-15(8)20;4*1-3-11(16)7-10-6-9-4-8(2)5-12(14(17)18)13(9)20-15(10)19;2*1-3-11(16)7-10-6-9-5-4-8(2)12(14(17)18)13(9)20-15(10)19/h4,8,20H,3,5-6H2,1-2H3,(H,18,19);6*4-5,10,19H,3,6-7H2,1-2H3,(H,17,18)/t8-;6*10-/m0111111/s1. The molecule has 0 saturated carbocycles. The first kappa shape index (κ1) is 114.